The third-order valence-corrected chi connectivity index (χ3v) is 5.15. The molecular weight excluding hydrogens is 328 g/mol. The van der Waals surface area contributed by atoms with Crippen LogP contribution in [0, 0.1) is 0 Å². The fourth-order valence-corrected chi connectivity index (χ4v) is 3.53. The molecule has 3 rings (SSSR count). The second-order valence-electron chi connectivity index (χ2n) is 5.92. The van der Waals surface area contributed by atoms with Gasteiger partial charge in [0.1, 0.15) is 0 Å². The summed E-state index contributed by atoms with van der Waals surface area (Å²) < 4.78 is 3.46. The van der Waals surface area contributed by atoms with Crippen LogP contribution in [0.1, 0.15) is 55.1 Å². The number of tetrazole rings is 1. The van der Waals surface area contributed by atoms with Gasteiger partial charge in [-0.15, -0.1) is 10.2 Å². The molecule has 1 aliphatic rings. The molecule has 0 aromatic carbocycles. The van der Waals surface area contributed by atoms with Crippen molar-refractivity contribution in [3.63, 3.8) is 0 Å². The zero-order valence-electron chi connectivity index (χ0n) is 13.8. The van der Waals surface area contributed by atoms with Crippen molar-refractivity contribution in [2.45, 2.75) is 49.7 Å². The highest BCUT2D eigenvalue weighted by atomic mass is 32.2. The Morgan fingerprint density at radius 3 is 2.75 bits per heavy atom. The summed E-state index contributed by atoms with van der Waals surface area (Å²) in [7, 11) is 1.78. The summed E-state index contributed by atoms with van der Waals surface area (Å²) in [5.41, 5.74) is 0.379. The van der Waals surface area contributed by atoms with Crippen molar-refractivity contribution in [2.75, 3.05) is 12.3 Å². The van der Waals surface area contributed by atoms with E-state index in [1.54, 1.807) is 17.9 Å². The molecule has 0 unspecified atom stereocenters. The molecule has 0 radical (unpaired) electrons. The van der Waals surface area contributed by atoms with Gasteiger partial charge in [-0.1, -0.05) is 42.7 Å². The van der Waals surface area contributed by atoms with E-state index < -0.39 is 0 Å². The SMILES string of the molecule is Cn1nnnc1SCCNC(=O)c1cn(C2CCCCCC2)nn1. The van der Waals surface area contributed by atoms with Crippen molar-refractivity contribution in [3.8, 4) is 0 Å². The third kappa shape index (κ3) is 4.31. The standard InChI is InChI=1S/C14H22N8OS/c1-21-14(17-18-20-21)24-9-8-15-13(23)12-10-22(19-16-12)11-6-4-2-3-5-7-11/h10-11H,2-9H2,1H3,(H,15,23). The van der Waals surface area contributed by atoms with Crippen molar-refractivity contribution in [2.24, 2.45) is 7.05 Å². The van der Waals surface area contributed by atoms with E-state index in [9.17, 15) is 4.79 Å². The summed E-state index contributed by atoms with van der Waals surface area (Å²) in [5, 5.41) is 23.0. The molecule has 9 nitrogen and oxygen atoms in total. The normalized spacial score (nSPS) is 16.0. The van der Waals surface area contributed by atoms with Gasteiger partial charge in [-0.05, 0) is 23.3 Å². The zero-order valence-corrected chi connectivity index (χ0v) is 14.6. The number of nitrogens with zero attached hydrogens (tertiary/aromatic N) is 7. The molecule has 0 spiro atoms. The van der Waals surface area contributed by atoms with Crippen molar-refractivity contribution < 1.29 is 4.79 Å². The second kappa shape index (κ2) is 8.22. The highest BCUT2D eigenvalue weighted by Crippen LogP contribution is 2.26. The van der Waals surface area contributed by atoms with Gasteiger partial charge in [-0.2, -0.15) is 0 Å². The number of nitrogens with one attached hydrogen (secondary N) is 1. The van der Waals surface area contributed by atoms with Gasteiger partial charge in [0.2, 0.25) is 5.16 Å². The zero-order chi connectivity index (χ0) is 16.8. The van der Waals surface area contributed by atoms with Gasteiger partial charge in [0.05, 0.1) is 12.2 Å². The average Bonchev–Trinajstić information content (AvgIpc) is 3.14. The second-order valence-corrected chi connectivity index (χ2v) is 6.98. The Morgan fingerprint density at radius 2 is 2.04 bits per heavy atom. The molecule has 1 aliphatic carbocycles. The van der Waals surface area contributed by atoms with Crippen LogP contribution < -0.4 is 5.32 Å². The van der Waals surface area contributed by atoms with Crippen LogP contribution >= 0.6 is 11.8 Å². The molecule has 0 saturated heterocycles. The maximum Gasteiger partial charge on any atom is 0.273 e. The number of carbonyl (C=O) groups excluding carboxylic acids is 1. The fraction of sp³-hybridized carbons (Fsp3) is 0.714. The maximum absolute atomic E-state index is 12.2. The number of aromatic nitrogens is 7. The summed E-state index contributed by atoms with van der Waals surface area (Å²) in [6.45, 7) is 0.520. The van der Waals surface area contributed by atoms with Crippen LogP contribution in [-0.2, 0) is 7.05 Å². The molecule has 1 saturated carbocycles. The number of amides is 1. The van der Waals surface area contributed by atoms with E-state index >= 15 is 0 Å². The Labute approximate surface area is 144 Å². The van der Waals surface area contributed by atoms with Gasteiger partial charge < -0.3 is 5.32 Å². The van der Waals surface area contributed by atoms with Crippen LogP contribution in [0.25, 0.3) is 0 Å². The van der Waals surface area contributed by atoms with Gasteiger partial charge in [0.25, 0.3) is 5.91 Å². The predicted octanol–water partition coefficient (Wildman–Crippen LogP) is 1.22. The van der Waals surface area contributed by atoms with Crippen molar-refractivity contribution in [3.05, 3.63) is 11.9 Å². The molecule has 0 aliphatic heterocycles. The lowest BCUT2D eigenvalue weighted by molar-refractivity contribution is 0.0951. The molecule has 1 amide bonds. The quantitative estimate of drug-likeness (QED) is 0.474. The molecule has 1 N–H and O–H groups in total. The summed E-state index contributed by atoms with van der Waals surface area (Å²) in [6, 6.07) is 0.375. The molecule has 10 heteroatoms. The number of hydrogen-bond acceptors (Lipinski definition) is 7. The highest BCUT2D eigenvalue weighted by Gasteiger charge is 2.18. The van der Waals surface area contributed by atoms with Crippen LogP contribution in [0.4, 0.5) is 0 Å². The lowest BCUT2D eigenvalue weighted by Gasteiger charge is -2.12. The molecule has 24 heavy (non-hydrogen) atoms. The first kappa shape index (κ1) is 16.9. The van der Waals surface area contributed by atoms with Crippen LogP contribution in [0.3, 0.4) is 0 Å². The lowest BCUT2D eigenvalue weighted by Crippen LogP contribution is -2.26. The minimum absolute atomic E-state index is 0.188. The van der Waals surface area contributed by atoms with E-state index in [0.717, 1.165) is 18.0 Å². The molecular formula is C14H22N8OS. The van der Waals surface area contributed by atoms with E-state index in [-0.39, 0.29) is 5.91 Å². The molecule has 130 valence electrons. The third-order valence-electron chi connectivity index (χ3n) is 4.14. The first-order valence-electron chi connectivity index (χ1n) is 8.29. The average molecular weight is 350 g/mol. The molecule has 2 aromatic rings. The van der Waals surface area contributed by atoms with E-state index in [4.69, 9.17) is 0 Å². The Bertz CT molecular complexity index is 661. The summed E-state index contributed by atoms with van der Waals surface area (Å²) in [5.74, 6) is 0.503. The summed E-state index contributed by atoms with van der Waals surface area (Å²) in [4.78, 5) is 12.2. The minimum Gasteiger partial charge on any atom is -0.350 e. The Kier molecular flexibility index (Phi) is 5.78. The van der Waals surface area contributed by atoms with Gasteiger partial charge in [-0.25, -0.2) is 9.36 Å². The van der Waals surface area contributed by atoms with Crippen molar-refractivity contribution >= 4 is 17.7 Å². The largest absolute Gasteiger partial charge is 0.350 e. The summed E-state index contributed by atoms with van der Waals surface area (Å²) >= 11 is 1.49. The van der Waals surface area contributed by atoms with E-state index in [0.29, 0.717) is 24.0 Å². The number of carbonyl (C=O) groups is 1. The van der Waals surface area contributed by atoms with E-state index in [1.165, 1.54) is 37.4 Å². The molecule has 0 atom stereocenters. The Hall–Kier alpha value is -1.97. The predicted molar refractivity (Wildman–Crippen MR) is 88.6 cm³/mol. The van der Waals surface area contributed by atoms with Gasteiger partial charge >= 0.3 is 0 Å². The van der Waals surface area contributed by atoms with Crippen molar-refractivity contribution in [1.82, 2.24) is 40.5 Å². The molecule has 2 aromatic heterocycles. The first-order chi connectivity index (χ1) is 11.7. The fourth-order valence-electron chi connectivity index (χ4n) is 2.82. The van der Waals surface area contributed by atoms with Gasteiger partial charge in [0, 0.05) is 19.3 Å². The number of aryl methyl sites for hydroxylation is 1. The number of thioether (sulfide) groups is 1. The number of hydrogen-bond donors (Lipinski definition) is 1. The van der Waals surface area contributed by atoms with Gasteiger partial charge in [0.15, 0.2) is 5.69 Å². The minimum atomic E-state index is -0.188. The van der Waals surface area contributed by atoms with E-state index in [2.05, 4.69) is 31.2 Å². The van der Waals surface area contributed by atoms with Gasteiger partial charge in [-0.3, -0.25) is 4.79 Å². The molecule has 0 bridgehead atoms. The van der Waals surface area contributed by atoms with Crippen LogP contribution in [-0.4, -0.2) is 53.4 Å². The Morgan fingerprint density at radius 1 is 1.25 bits per heavy atom. The molecule has 1 fully saturated rings. The smallest absolute Gasteiger partial charge is 0.273 e. The first-order valence-corrected chi connectivity index (χ1v) is 9.28. The van der Waals surface area contributed by atoms with Crippen molar-refractivity contribution in [1.29, 1.82) is 0 Å². The van der Waals surface area contributed by atoms with E-state index in [1.807, 2.05) is 4.68 Å². The lowest BCUT2D eigenvalue weighted by atomic mass is 10.1. The summed E-state index contributed by atoms with van der Waals surface area (Å²) in [6.07, 6.45) is 9.03. The monoisotopic (exact) mass is 350 g/mol. The van der Waals surface area contributed by atoms with Crippen LogP contribution in [0.15, 0.2) is 11.4 Å². The van der Waals surface area contributed by atoms with Crippen LogP contribution in [0.5, 0.6) is 0 Å². The number of rotatable bonds is 6. The maximum atomic E-state index is 12.2. The van der Waals surface area contributed by atoms with Crippen LogP contribution in [0.2, 0.25) is 0 Å². The Balaban J connectivity index is 1.46. The topological polar surface area (TPSA) is 103 Å². The highest BCUT2D eigenvalue weighted by molar-refractivity contribution is 7.99. The molecule has 2 heterocycles.